The monoisotopic (exact) mass is 460 g/mol. The molecule has 0 amide bonds. The number of esters is 1. The van der Waals surface area contributed by atoms with Crippen LogP contribution in [0.4, 0.5) is 0 Å². The summed E-state index contributed by atoms with van der Waals surface area (Å²) >= 11 is 0. The normalized spacial score (nSPS) is 47.1. The van der Waals surface area contributed by atoms with Crippen molar-refractivity contribution in [2.24, 2.45) is 51.2 Å². The first-order chi connectivity index (χ1) is 15.3. The van der Waals surface area contributed by atoms with Crippen LogP contribution in [0.1, 0.15) is 113 Å². The predicted octanol–water partition coefficient (Wildman–Crippen LogP) is 7.10. The van der Waals surface area contributed by atoms with Crippen LogP contribution < -0.4 is 0 Å². The van der Waals surface area contributed by atoms with E-state index in [0.29, 0.717) is 40.4 Å². The Morgan fingerprint density at radius 2 is 1.58 bits per heavy atom. The molecule has 0 aliphatic heterocycles. The van der Waals surface area contributed by atoms with E-state index in [4.69, 9.17) is 4.74 Å². The van der Waals surface area contributed by atoms with E-state index >= 15 is 0 Å². The van der Waals surface area contributed by atoms with Crippen molar-refractivity contribution in [3.8, 4) is 0 Å². The van der Waals surface area contributed by atoms with E-state index in [1.165, 1.54) is 44.9 Å². The van der Waals surface area contributed by atoms with E-state index in [1.807, 2.05) is 0 Å². The molecule has 4 aliphatic carbocycles. The molecule has 4 saturated carbocycles. The molecular formula is C29H48O4. The fourth-order valence-electron chi connectivity index (χ4n) is 10.4. The molecule has 0 spiro atoms. The minimum absolute atomic E-state index is 0.0227. The molecule has 4 nitrogen and oxygen atoms in total. The second-order valence-electron chi connectivity index (χ2n) is 13.7. The van der Waals surface area contributed by atoms with Gasteiger partial charge in [-0.3, -0.25) is 9.59 Å². The van der Waals surface area contributed by atoms with Gasteiger partial charge in [0.05, 0.1) is 0 Å². The van der Waals surface area contributed by atoms with Gasteiger partial charge in [-0.1, -0.05) is 41.5 Å². The molecule has 0 aromatic rings. The van der Waals surface area contributed by atoms with Crippen molar-refractivity contribution in [2.45, 2.75) is 119 Å². The fraction of sp³-hybridized carbons (Fsp3) is 0.931. The molecule has 0 radical (unpaired) electrons. The Kier molecular flexibility index (Phi) is 6.27. The molecule has 4 aliphatic rings. The quantitative estimate of drug-likeness (QED) is 0.444. The number of carboxylic acid groups (broad SMARTS) is 1. The number of carboxylic acids is 1. The van der Waals surface area contributed by atoms with Gasteiger partial charge in [0.2, 0.25) is 0 Å². The van der Waals surface area contributed by atoms with E-state index in [2.05, 4.69) is 41.5 Å². The first-order valence-corrected chi connectivity index (χ1v) is 13.7. The molecular weight excluding hydrogens is 412 g/mol. The lowest BCUT2D eigenvalue weighted by molar-refractivity contribution is -0.209. The number of hydrogen-bond donors (Lipinski definition) is 1. The van der Waals surface area contributed by atoms with Crippen molar-refractivity contribution in [1.82, 2.24) is 0 Å². The average Bonchev–Trinajstić information content (AvgIpc) is 3.00. The third-order valence-electron chi connectivity index (χ3n) is 12.3. The van der Waals surface area contributed by atoms with Crippen LogP contribution in [0.25, 0.3) is 0 Å². The summed E-state index contributed by atoms with van der Waals surface area (Å²) in [5.74, 6) is 2.44. The highest BCUT2D eigenvalue weighted by atomic mass is 16.5. The van der Waals surface area contributed by atoms with Gasteiger partial charge in [0.1, 0.15) is 6.10 Å². The van der Waals surface area contributed by atoms with Crippen molar-refractivity contribution < 1.29 is 19.4 Å². The number of rotatable bonds is 5. The van der Waals surface area contributed by atoms with Crippen LogP contribution in [0.3, 0.4) is 0 Å². The lowest BCUT2D eigenvalue weighted by Crippen LogP contribution is -2.62. The number of hydrogen-bond acceptors (Lipinski definition) is 3. The van der Waals surface area contributed by atoms with Crippen LogP contribution in [0, 0.1) is 51.2 Å². The molecule has 188 valence electrons. The van der Waals surface area contributed by atoms with Gasteiger partial charge < -0.3 is 9.84 Å². The number of ether oxygens (including phenoxy) is 1. The molecule has 0 aromatic carbocycles. The predicted molar refractivity (Wildman–Crippen MR) is 131 cm³/mol. The van der Waals surface area contributed by atoms with Gasteiger partial charge in [0, 0.05) is 18.8 Å². The van der Waals surface area contributed by atoms with Crippen molar-refractivity contribution in [2.75, 3.05) is 0 Å². The Bertz CT molecular complexity index is 788. The van der Waals surface area contributed by atoms with Crippen LogP contribution in [-0.2, 0) is 14.3 Å². The summed E-state index contributed by atoms with van der Waals surface area (Å²) < 4.78 is 5.84. The largest absolute Gasteiger partial charge is 0.481 e. The number of carbonyl (C=O) groups is 2. The van der Waals surface area contributed by atoms with Crippen LogP contribution in [0.5, 0.6) is 0 Å². The molecule has 4 heteroatoms. The summed E-state index contributed by atoms with van der Waals surface area (Å²) in [6.45, 7) is 16.3. The minimum atomic E-state index is -0.658. The minimum Gasteiger partial charge on any atom is -0.481 e. The zero-order valence-electron chi connectivity index (χ0n) is 22.2. The Labute approximate surface area is 201 Å². The van der Waals surface area contributed by atoms with Crippen LogP contribution in [0.15, 0.2) is 0 Å². The van der Waals surface area contributed by atoms with Gasteiger partial charge in [0.15, 0.2) is 0 Å². The van der Waals surface area contributed by atoms with E-state index in [9.17, 15) is 14.7 Å². The lowest BCUT2D eigenvalue weighted by Gasteiger charge is -2.67. The number of aliphatic carboxylic acids is 1. The maximum atomic E-state index is 11.8. The summed E-state index contributed by atoms with van der Waals surface area (Å²) in [5, 5.41) is 9.23. The number of fused-ring (bicyclic) bond motifs is 5. The van der Waals surface area contributed by atoms with E-state index in [0.717, 1.165) is 24.7 Å². The summed E-state index contributed by atoms with van der Waals surface area (Å²) in [4.78, 5) is 23.0. The van der Waals surface area contributed by atoms with E-state index in [1.54, 1.807) is 6.92 Å². The molecule has 0 saturated heterocycles. The Balaban J connectivity index is 1.58. The lowest BCUT2D eigenvalue weighted by atomic mass is 9.38. The smallest absolute Gasteiger partial charge is 0.303 e. The van der Waals surface area contributed by atoms with E-state index in [-0.39, 0.29) is 17.5 Å². The zero-order valence-corrected chi connectivity index (χ0v) is 22.2. The summed E-state index contributed by atoms with van der Waals surface area (Å²) in [7, 11) is 0. The Morgan fingerprint density at radius 3 is 2.21 bits per heavy atom. The molecule has 6 unspecified atom stereocenters. The van der Waals surface area contributed by atoms with E-state index < -0.39 is 5.97 Å². The van der Waals surface area contributed by atoms with Crippen molar-refractivity contribution in [3.05, 3.63) is 0 Å². The zero-order chi connectivity index (χ0) is 24.4. The molecule has 33 heavy (non-hydrogen) atoms. The SMILES string of the molecule is CC(=O)O[C@H]1CCC2(C)C3CCC4(C)C([C@H](C)CCC(=O)O)CC[C@@]4(C)C3CCC2C1(C)C. The molecule has 0 heterocycles. The summed E-state index contributed by atoms with van der Waals surface area (Å²) in [5.41, 5.74) is 1.01. The van der Waals surface area contributed by atoms with Gasteiger partial charge in [-0.25, -0.2) is 0 Å². The van der Waals surface area contributed by atoms with Crippen LogP contribution in [-0.4, -0.2) is 23.1 Å². The molecule has 0 aromatic heterocycles. The van der Waals surface area contributed by atoms with Gasteiger partial charge in [-0.2, -0.15) is 0 Å². The maximum absolute atomic E-state index is 11.8. The third-order valence-corrected chi connectivity index (χ3v) is 12.3. The standard InChI is InChI=1S/C29H48O4/c1-18(8-11-25(31)32)20-12-16-29(7)22-9-10-23-26(3,4)24(33-19(2)30)14-15-27(23,5)21(22)13-17-28(20,29)6/h18,20-24H,8-17H2,1-7H3,(H,31,32)/t18-,20?,21?,22?,23?,24+,27?,28?,29+/m1/s1. The Morgan fingerprint density at radius 1 is 0.909 bits per heavy atom. The highest BCUT2D eigenvalue weighted by Gasteiger charge is 2.67. The topological polar surface area (TPSA) is 63.6 Å². The van der Waals surface area contributed by atoms with Crippen molar-refractivity contribution >= 4 is 11.9 Å². The molecule has 4 rings (SSSR count). The molecule has 1 N–H and O–H groups in total. The summed E-state index contributed by atoms with van der Waals surface area (Å²) in [6.07, 6.45) is 11.0. The van der Waals surface area contributed by atoms with Crippen molar-refractivity contribution in [3.63, 3.8) is 0 Å². The van der Waals surface area contributed by atoms with Gasteiger partial charge >= 0.3 is 11.9 Å². The second kappa shape index (κ2) is 8.26. The van der Waals surface area contributed by atoms with Gasteiger partial charge in [-0.15, -0.1) is 0 Å². The Hall–Kier alpha value is -1.06. The maximum Gasteiger partial charge on any atom is 0.303 e. The number of carbonyl (C=O) groups excluding carboxylic acids is 1. The molecule has 9 atom stereocenters. The van der Waals surface area contributed by atoms with Gasteiger partial charge in [-0.05, 0) is 104 Å². The fourth-order valence-corrected chi connectivity index (χ4v) is 10.4. The first kappa shape index (κ1) is 25.0. The first-order valence-electron chi connectivity index (χ1n) is 13.7. The third kappa shape index (κ3) is 3.68. The van der Waals surface area contributed by atoms with Crippen molar-refractivity contribution in [1.29, 1.82) is 0 Å². The second-order valence-corrected chi connectivity index (χ2v) is 13.7. The highest BCUT2D eigenvalue weighted by molar-refractivity contribution is 5.66. The van der Waals surface area contributed by atoms with Crippen LogP contribution in [0.2, 0.25) is 0 Å². The summed E-state index contributed by atoms with van der Waals surface area (Å²) in [6, 6.07) is 0. The average molecular weight is 461 g/mol. The molecule has 4 fully saturated rings. The van der Waals surface area contributed by atoms with Crippen LogP contribution >= 0.6 is 0 Å². The highest BCUT2D eigenvalue weighted by Crippen LogP contribution is 2.74. The molecule has 0 bridgehead atoms. The van der Waals surface area contributed by atoms with Gasteiger partial charge in [0.25, 0.3) is 0 Å².